The highest BCUT2D eigenvalue weighted by Crippen LogP contribution is 2.14. The zero-order valence-electron chi connectivity index (χ0n) is 9.86. The van der Waals surface area contributed by atoms with Crippen molar-refractivity contribution in [2.75, 3.05) is 6.61 Å². The van der Waals surface area contributed by atoms with Crippen LogP contribution in [0.1, 0.15) is 1.37 Å². The first-order valence-corrected chi connectivity index (χ1v) is 4.91. The molecule has 8 nitrogen and oxygen atoms in total. The summed E-state index contributed by atoms with van der Waals surface area (Å²) in [6, 6.07) is 0. The molecule has 1 unspecified atom stereocenters. The van der Waals surface area contributed by atoms with Crippen LogP contribution in [-0.4, -0.2) is 66.6 Å². The Labute approximate surface area is 98.5 Å². The standard InChI is InChI=1S/C9H15N3O5/c13-4-7(15)6(9(17)8(16)5-14)3-12-2-1-10-11-12/h1-2,4,6-9,14-17H,3,5H2/t6-,7-,8+,9-/m0/s1/i3D/t3?,6-,7-,8+,9-. The van der Waals surface area contributed by atoms with Crippen molar-refractivity contribution in [3.05, 3.63) is 12.4 Å². The molecule has 0 aliphatic heterocycles. The largest absolute Gasteiger partial charge is 0.394 e. The van der Waals surface area contributed by atoms with E-state index in [1.807, 2.05) is 0 Å². The summed E-state index contributed by atoms with van der Waals surface area (Å²) in [7, 11) is 0. The highest BCUT2D eigenvalue weighted by molar-refractivity contribution is 5.56. The lowest BCUT2D eigenvalue weighted by Gasteiger charge is -2.27. The van der Waals surface area contributed by atoms with E-state index in [2.05, 4.69) is 10.3 Å². The lowest BCUT2D eigenvalue weighted by Crippen LogP contribution is -2.44. The van der Waals surface area contributed by atoms with Gasteiger partial charge < -0.3 is 25.2 Å². The molecule has 96 valence electrons. The number of aldehydes is 1. The van der Waals surface area contributed by atoms with E-state index in [1.54, 1.807) is 0 Å². The molecule has 1 aromatic rings. The van der Waals surface area contributed by atoms with Gasteiger partial charge in [0.1, 0.15) is 18.5 Å². The van der Waals surface area contributed by atoms with Gasteiger partial charge in [0.2, 0.25) is 0 Å². The fourth-order valence-electron chi connectivity index (χ4n) is 1.31. The second-order valence-corrected chi connectivity index (χ2v) is 3.48. The van der Waals surface area contributed by atoms with Crippen LogP contribution in [0.5, 0.6) is 0 Å². The quantitative estimate of drug-likeness (QED) is 0.381. The van der Waals surface area contributed by atoms with Gasteiger partial charge in [-0.25, -0.2) is 0 Å². The molecule has 0 spiro atoms. The van der Waals surface area contributed by atoms with Gasteiger partial charge in [0.25, 0.3) is 0 Å². The Balaban J connectivity index is 2.94. The highest BCUT2D eigenvalue weighted by atomic mass is 16.4. The molecule has 4 N–H and O–H groups in total. The second kappa shape index (κ2) is 6.40. The van der Waals surface area contributed by atoms with Crippen LogP contribution in [0.25, 0.3) is 0 Å². The maximum atomic E-state index is 10.6. The Morgan fingerprint density at radius 3 is 2.65 bits per heavy atom. The Bertz CT molecular complexity index is 363. The molecule has 0 bridgehead atoms. The number of aliphatic hydroxyl groups is 4. The number of rotatable bonds is 7. The lowest BCUT2D eigenvalue weighted by molar-refractivity contribution is -0.125. The first-order valence-electron chi connectivity index (χ1n) is 5.49. The van der Waals surface area contributed by atoms with Crippen LogP contribution in [0.15, 0.2) is 12.4 Å². The molecule has 8 heteroatoms. The molecule has 17 heavy (non-hydrogen) atoms. The van der Waals surface area contributed by atoms with Crippen LogP contribution < -0.4 is 0 Å². The third kappa shape index (κ3) is 3.56. The number of carbonyl (C=O) groups excluding carboxylic acids is 1. The minimum absolute atomic E-state index is 0.149. The van der Waals surface area contributed by atoms with Gasteiger partial charge in [0, 0.05) is 12.1 Å². The third-order valence-corrected chi connectivity index (χ3v) is 2.28. The van der Waals surface area contributed by atoms with Gasteiger partial charge in [-0.2, -0.15) is 0 Å². The Kier molecular flexibility index (Phi) is 4.56. The summed E-state index contributed by atoms with van der Waals surface area (Å²) in [5.41, 5.74) is 0. The normalized spacial score (nSPS) is 21.1. The molecule has 0 aliphatic carbocycles. The number of nitrogens with zero attached hydrogens (tertiary/aromatic N) is 3. The molecule has 5 atom stereocenters. The first kappa shape index (κ1) is 12.1. The van der Waals surface area contributed by atoms with Gasteiger partial charge in [-0.3, -0.25) is 4.68 Å². The number of carbonyl (C=O) groups is 1. The van der Waals surface area contributed by atoms with Crippen LogP contribution in [0, 0.1) is 5.92 Å². The molecule has 1 rings (SSSR count). The third-order valence-electron chi connectivity index (χ3n) is 2.28. The van der Waals surface area contributed by atoms with E-state index in [9.17, 15) is 20.1 Å². The summed E-state index contributed by atoms with van der Waals surface area (Å²) >= 11 is 0. The molecule has 1 aromatic heterocycles. The fourth-order valence-corrected chi connectivity index (χ4v) is 1.31. The summed E-state index contributed by atoms with van der Waals surface area (Å²) in [4.78, 5) is 10.6. The molecule has 0 aliphatic rings. The zero-order chi connectivity index (χ0) is 13.7. The van der Waals surface area contributed by atoms with E-state index >= 15 is 0 Å². The number of hydrogen-bond acceptors (Lipinski definition) is 7. The zero-order valence-corrected chi connectivity index (χ0v) is 8.86. The van der Waals surface area contributed by atoms with Gasteiger partial charge in [-0.1, -0.05) is 5.21 Å². The van der Waals surface area contributed by atoms with Crippen LogP contribution >= 0.6 is 0 Å². The topological polar surface area (TPSA) is 129 Å². The van der Waals surface area contributed by atoms with Crippen molar-refractivity contribution < 1.29 is 26.6 Å². The SMILES string of the molecule is [2H]C([C@H]([C@H](O)[C@H](O)CO)[C@@H](O)C=O)n1ccnn1. The summed E-state index contributed by atoms with van der Waals surface area (Å²) in [6.45, 7) is -2.09. The number of aliphatic hydroxyl groups excluding tert-OH is 4. The van der Waals surface area contributed by atoms with E-state index < -0.39 is 37.4 Å². The predicted molar refractivity (Wildman–Crippen MR) is 54.7 cm³/mol. The Morgan fingerprint density at radius 1 is 1.47 bits per heavy atom. The molecule has 1 heterocycles. The maximum Gasteiger partial charge on any atom is 0.148 e. The van der Waals surface area contributed by atoms with Crippen LogP contribution in [0.4, 0.5) is 0 Å². The van der Waals surface area contributed by atoms with Crippen molar-refractivity contribution in [2.45, 2.75) is 24.8 Å². The van der Waals surface area contributed by atoms with Crippen molar-refractivity contribution in [2.24, 2.45) is 5.92 Å². The van der Waals surface area contributed by atoms with Crippen molar-refractivity contribution in [3.63, 3.8) is 0 Å². The maximum absolute atomic E-state index is 10.6. The van der Waals surface area contributed by atoms with E-state index in [4.69, 9.17) is 6.48 Å². The van der Waals surface area contributed by atoms with E-state index in [1.165, 1.54) is 12.4 Å². The molecule has 0 fully saturated rings. The predicted octanol–water partition coefficient (Wildman–Crippen LogP) is -2.83. The van der Waals surface area contributed by atoms with Crippen LogP contribution in [0.2, 0.25) is 0 Å². The molecular weight excluding hydrogens is 230 g/mol. The van der Waals surface area contributed by atoms with Gasteiger partial charge in [-0.15, -0.1) is 5.10 Å². The minimum atomic E-state index is -1.67. The second-order valence-electron chi connectivity index (χ2n) is 3.48. The van der Waals surface area contributed by atoms with E-state index in [-0.39, 0.29) is 6.29 Å². The summed E-state index contributed by atoms with van der Waals surface area (Å²) in [5.74, 6) is -1.34. The van der Waals surface area contributed by atoms with Crippen molar-refractivity contribution >= 4 is 6.29 Å². The van der Waals surface area contributed by atoms with Crippen LogP contribution in [-0.2, 0) is 11.3 Å². The Morgan fingerprint density at radius 2 is 2.18 bits per heavy atom. The number of aromatic nitrogens is 3. The van der Waals surface area contributed by atoms with Gasteiger partial charge in [0.15, 0.2) is 0 Å². The Hall–Kier alpha value is -1.35. The van der Waals surface area contributed by atoms with Crippen LogP contribution in [0.3, 0.4) is 0 Å². The average Bonchev–Trinajstić information content (AvgIpc) is 2.91. The van der Waals surface area contributed by atoms with Gasteiger partial charge in [-0.05, 0) is 0 Å². The van der Waals surface area contributed by atoms with Crippen molar-refractivity contribution in [3.8, 4) is 0 Å². The molecule has 0 saturated carbocycles. The first-order chi connectivity index (χ1) is 8.52. The minimum Gasteiger partial charge on any atom is -0.394 e. The molecule has 0 aromatic carbocycles. The molecule has 0 amide bonds. The lowest BCUT2D eigenvalue weighted by atomic mass is 9.93. The summed E-state index contributed by atoms with van der Waals surface area (Å²) in [6.07, 6.45) is -2.13. The van der Waals surface area contributed by atoms with Gasteiger partial charge >= 0.3 is 0 Å². The summed E-state index contributed by atoms with van der Waals surface area (Å²) in [5, 5.41) is 44.3. The monoisotopic (exact) mass is 246 g/mol. The van der Waals surface area contributed by atoms with E-state index in [0.717, 1.165) is 4.68 Å². The molecular formula is C9H15N3O5. The van der Waals surface area contributed by atoms with Gasteiger partial charge in [0.05, 0.1) is 26.8 Å². The fraction of sp³-hybridized carbons (Fsp3) is 0.667. The highest BCUT2D eigenvalue weighted by Gasteiger charge is 2.32. The van der Waals surface area contributed by atoms with E-state index in [0.29, 0.717) is 0 Å². The number of hydrogen-bond donors (Lipinski definition) is 4. The molecule has 0 saturated heterocycles. The summed E-state index contributed by atoms with van der Waals surface area (Å²) < 4.78 is 8.83. The smallest absolute Gasteiger partial charge is 0.148 e. The van der Waals surface area contributed by atoms with Crippen molar-refractivity contribution in [1.82, 2.24) is 15.0 Å². The average molecular weight is 246 g/mol. The van der Waals surface area contributed by atoms with Crippen molar-refractivity contribution in [1.29, 1.82) is 0 Å². The molecule has 0 radical (unpaired) electrons.